The molecule has 114 valence electrons. The SMILES string of the molecule is C/C=C(\CCOCc1ccccc1)C(=O)c1ccc(Br)cc1. The van der Waals surface area contributed by atoms with Crippen molar-refractivity contribution in [3.8, 4) is 0 Å². The Hall–Kier alpha value is -1.71. The Labute approximate surface area is 139 Å². The highest BCUT2D eigenvalue weighted by Crippen LogP contribution is 2.16. The summed E-state index contributed by atoms with van der Waals surface area (Å²) in [7, 11) is 0. The lowest BCUT2D eigenvalue weighted by atomic mass is 10.0. The Morgan fingerprint density at radius 3 is 2.41 bits per heavy atom. The second kappa shape index (κ2) is 8.66. The van der Waals surface area contributed by atoms with Gasteiger partial charge in [-0.3, -0.25) is 4.79 Å². The minimum Gasteiger partial charge on any atom is -0.376 e. The number of hydrogen-bond acceptors (Lipinski definition) is 2. The van der Waals surface area contributed by atoms with E-state index in [1.54, 1.807) is 0 Å². The number of benzene rings is 2. The molecule has 0 aromatic heterocycles. The van der Waals surface area contributed by atoms with Gasteiger partial charge in [-0.25, -0.2) is 0 Å². The van der Waals surface area contributed by atoms with Crippen LogP contribution in [0.25, 0.3) is 0 Å². The average Bonchev–Trinajstić information content (AvgIpc) is 2.56. The number of ether oxygens (including phenoxy) is 1. The smallest absolute Gasteiger partial charge is 0.188 e. The van der Waals surface area contributed by atoms with Gasteiger partial charge in [0.15, 0.2) is 5.78 Å². The van der Waals surface area contributed by atoms with Crippen LogP contribution in [0.1, 0.15) is 29.3 Å². The van der Waals surface area contributed by atoms with Crippen LogP contribution in [-0.2, 0) is 11.3 Å². The van der Waals surface area contributed by atoms with Crippen molar-refractivity contribution in [1.82, 2.24) is 0 Å². The number of carbonyl (C=O) groups is 1. The van der Waals surface area contributed by atoms with Gasteiger partial charge in [0.1, 0.15) is 0 Å². The van der Waals surface area contributed by atoms with Gasteiger partial charge >= 0.3 is 0 Å². The fourth-order valence-electron chi connectivity index (χ4n) is 2.12. The van der Waals surface area contributed by atoms with Crippen molar-refractivity contribution in [2.75, 3.05) is 6.61 Å². The minimum absolute atomic E-state index is 0.0679. The number of allylic oxidation sites excluding steroid dienone is 1. The van der Waals surface area contributed by atoms with Crippen LogP contribution in [0.5, 0.6) is 0 Å². The summed E-state index contributed by atoms with van der Waals surface area (Å²) in [6.07, 6.45) is 2.49. The minimum atomic E-state index is 0.0679. The van der Waals surface area contributed by atoms with Crippen molar-refractivity contribution in [3.63, 3.8) is 0 Å². The van der Waals surface area contributed by atoms with Crippen LogP contribution in [-0.4, -0.2) is 12.4 Å². The summed E-state index contributed by atoms with van der Waals surface area (Å²) in [6, 6.07) is 17.5. The first-order valence-electron chi connectivity index (χ1n) is 7.28. The molecule has 2 rings (SSSR count). The first-order valence-corrected chi connectivity index (χ1v) is 8.07. The first-order chi connectivity index (χ1) is 10.7. The van der Waals surface area contributed by atoms with Gasteiger partial charge in [0.25, 0.3) is 0 Å². The van der Waals surface area contributed by atoms with Gasteiger partial charge in [-0.2, -0.15) is 0 Å². The molecule has 2 aromatic rings. The third-order valence-electron chi connectivity index (χ3n) is 3.37. The quantitative estimate of drug-likeness (QED) is 0.387. The van der Waals surface area contributed by atoms with E-state index in [0.29, 0.717) is 25.2 Å². The average molecular weight is 359 g/mol. The molecule has 0 unspecified atom stereocenters. The summed E-state index contributed by atoms with van der Waals surface area (Å²) in [4.78, 5) is 12.4. The number of Topliss-reactive ketones (excluding diaryl/α,β-unsaturated/α-hetero) is 1. The maximum atomic E-state index is 12.4. The van der Waals surface area contributed by atoms with E-state index in [1.165, 1.54) is 0 Å². The number of rotatable bonds is 7. The van der Waals surface area contributed by atoms with Gasteiger partial charge in [-0.15, -0.1) is 0 Å². The van der Waals surface area contributed by atoms with Crippen molar-refractivity contribution < 1.29 is 9.53 Å². The van der Waals surface area contributed by atoms with Crippen LogP contribution in [0.4, 0.5) is 0 Å². The summed E-state index contributed by atoms with van der Waals surface area (Å²) in [5.41, 5.74) is 2.64. The van der Waals surface area contributed by atoms with Crippen LogP contribution >= 0.6 is 15.9 Å². The zero-order valence-corrected chi connectivity index (χ0v) is 14.2. The van der Waals surface area contributed by atoms with Crippen LogP contribution < -0.4 is 0 Å². The summed E-state index contributed by atoms with van der Waals surface area (Å²) in [5, 5.41) is 0. The van der Waals surface area contributed by atoms with Gasteiger partial charge in [-0.1, -0.05) is 52.3 Å². The van der Waals surface area contributed by atoms with Crippen LogP contribution in [0.15, 0.2) is 70.7 Å². The number of carbonyl (C=O) groups excluding carboxylic acids is 1. The van der Waals surface area contributed by atoms with E-state index in [0.717, 1.165) is 15.6 Å². The predicted molar refractivity (Wildman–Crippen MR) is 92.9 cm³/mol. The van der Waals surface area contributed by atoms with Gasteiger partial charge < -0.3 is 4.74 Å². The Bertz CT molecular complexity index is 630. The van der Waals surface area contributed by atoms with Crippen molar-refractivity contribution in [1.29, 1.82) is 0 Å². The van der Waals surface area contributed by atoms with E-state index < -0.39 is 0 Å². The highest BCUT2D eigenvalue weighted by molar-refractivity contribution is 9.10. The van der Waals surface area contributed by atoms with Crippen molar-refractivity contribution in [2.45, 2.75) is 20.0 Å². The highest BCUT2D eigenvalue weighted by atomic mass is 79.9. The second-order valence-corrected chi connectivity index (χ2v) is 5.85. The monoisotopic (exact) mass is 358 g/mol. The van der Waals surface area contributed by atoms with E-state index in [9.17, 15) is 4.79 Å². The fraction of sp³-hybridized carbons (Fsp3) is 0.211. The second-order valence-electron chi connectivity index (χ2n) is 4.94. The molecule has 0 saturated carbocycles. The van der Waals surface area contributed by atoms with E-state index in [2.05, 4.69) is 15.9 Å². The lowest BCUT2D eigenvalue weighted by Crippen LogP contribution is -2.06. The standard InChI is InChI=1S/C19H19BrO2/c1-2-16(19(21)17-8-10-18(20)11-9-17)12-13-22-14-15-6-4-3-5-7-15/h2-11H,12-14H2,1H3/b16-2+. The molecule has 22 heavy (non-hydrogen) atoms. The van der Waals surface area contributed by atoms with Gasteiger partial charge in [0, 0.05) is 10.0 Å². The molecule has 0 saturated heterocycles. The Kier molecular flexibility index (Phi) is 6.56. The molecule has 2 aromatic carbocycles. The predicted octanol–water partition coefficient (Wildman–Crippen LogP) is 5.19. The van der Waals surface area contributed by atoms with Crippen molar-refractivity contribution >= 4 is 21.7 Å². The molecule has 0 amide bonds. The van der Waals surface area contributed by atoms with Crippen LogP contribution in [0.3, 0.4) is 0 Å². The van der Waals surface area contributed by atoms with Crippen molar-refractivity contribution in [3.05, 3.63) is 81.8 Å². The molecule has 0 fully saturated rings. The van der Waals surface area contributed by atoms with Gasteiger partial charge in [0.2, 0.25) is 0 Å². The lowest BCUT2D eigenvalue weighted by molar-refractivity contribution is 0.0993. The molecule has 0 atom stereocenters. The summed E-state index contributed by atoms with van der Waals surface area (Å²) in [6.45, 7) is 3.00. The zero-order valence-electron chi connectivity index (χ0n) is 12.6. The molecule has 0 spiro atoms. The lowest BCUT2D eigenvalue weighted by Gasteiger charge is -2.08. The van der Waals surface area contributed by atoms with Gasteiger partial charge in [-0.05, 0) is 48.7 Å². The third-order valence-corrected chi connectivity index (χ3v) is 3.90. The topological polar surface area (TPSA) is 26.3 Å². The Morgan fingerprint density at radius 1 is 1.09 bits per heavy atom. The molecule has 0 aliphatic heterocycles. The highest BCUT2D eigenvalue weighted by Gasteiger charge is 2.11. The van der Waals surface area contributed by atoms with Crippen molar-refractivity contribution in [2.24, 2.45) is 0 Å². The largest absolute Gasteiger partial charge is 0.376 e. The summed E-state index contributed by atoms with van der Waals surface area (Å²) in [5.74, 6) is 0.0679. The number of ketones is 1. The third kappa shape index (κ3) is 4.93. The fourth-order valence-corrected chi connectivity index (χ4v) is 2.39. The maximum absolute atomic E-state index is 12.4. The molecular formula is C19H19BrO2. The van der Waals surface area contributed by atoms with Crippen LogP contribution in [0, 0.1) is 0 Å². The number of hydrogen-bond donors (Lipinski definition) is 0. The Morgan fingerprint density at radius 2 is 1.77 bits per heavy atom. The first kappa shape index (κ1) is 16.7. The number of halogens is 1. The van der Waals surface area contributed by atoms with E-state index in [1.807, 2.05) is 67.6 Å². The molecule has 0 aliphatic carbocycles. The maximum Gasteiger partial charge on any atom is 0.188 e. The van der Waals surface area contributed by atoms with E-state index in [4.69, 9.17) is 4.74 Å². The molecule has 0 heterocycles. The summed E-state index contributed by atoms with van der Waals surface area (Å²) < 4.78 is 6.63. The normalized spacial score (nSPS) is 11.5. The Balaban J connectivity index is 1.84. The molecule has 2 nitrogen and oxygen atoms in total. The van der Waals surface area contributed by atoms with E-state index >= 15 is 0 Å². The molecule has 0 aliphatic rings. The molecular weight excluding hydrogens is 340 g/mol. The molecule has 0 N–H and O–H groups in total. The molecule has 0 radical (unpaired) electrons. The molecule has 3 heteroatoms. The summed E-state index contributed by atoms with van der Waals surface area (Å²) >= 11 is 3.38. The van der Waals surface area contributed by atoms with Crippen LogP contribution in [0.2, 0.25) is 0 Å². The molecule has 0 bridgehead atoms. The zero-order chi connectivity index (χ0) is 15.8. The van der Waals surface area contributed by atoms with Gasteiger partial charge in [0.05, 0.1) is 13.2 Å². The van der Waals surface area contributed by atoms with E-state index in [-0.39, 0.29) is 5.78 Å².